The van der Waals surface area contributed by atoms with E-state index >= 15 is 0 Å². The number of ether oxygens (including phenoxy) is 1. The lowest BCUT2D eigenvalue weighted by Crippen LogP contribution is -2.59. The van der Waals surface area contributed by atoms with Gasteiger partial charge in [-0.2, -0.15) is 4.91 Å². The Balaban J connectivity index is 0.00000301. The molecule has 3 N–H and O–H groups in total. The fraction of sp³-hybridized carbons (Fsp3) is 0.895. The smallest absolute Gasteiger partial charge is 0.306 e. The summed E-state index contributed by atoms with van der Waals surface area (Å²) in [4.78, 5) is 29.9. The van der Waals surface area contributed by atoms with Crippen molar-refractivity contribution >= 4 is 11.9 Å². The van der Waals surface area contributed by atoms with Gasteiger partial charge in [0, 0.05) is 36.8 Å². The highest BCUT2D eigenvalue weighted by Gasteiger charge is 2.39. The summed E-state index contributed by atoms with van der Waals surface area (Å²) in [6.07, 6.45) is 8.11. The van der Waals surface area contributed by atoms with Gasteiger partial charge in [0.1, 0.15) is 6.10 Å². The molecule has 1 fully saturated rings. The molecular weight excluding hydrogens is 336 g/mol. The Morgan fingerprint density at radius 1 is 0.923 bits per heavy atom. The maximum absolute atomic E-state index is 12.0. The molecule has 0 unspecified atom stereocenters. The SMILES string of the molecule is CC1(C)CC(OC(=O)CCCCCCCCC(=O)O)CC(C)(C)N1.N=O. The number of carboxylic acids is 1. The first kappa shape index (κ1) is 24.5. The topological polar surface area (TPSA) is 117 Å². The van der Waals surface area contributed by atoms with Crippen LogP contribution in [-0.2, 0) is 14.3 Å². The third kappa shape index (κ3) is 12.0. The fourth-order valence-corrected chi connectivity index (χ4v) is 3.81. The molecule has 0 radical (unpaired) electrons. The van der Waals surface area contributed by atoms with Crippen molar-refractivity contribution in [3.05, 3.63) is 4.91 Å². The van der Waals surface area contributed by atoms with E-state index in [1.807, 2.05) is 0 Å². The van der Waals surface area contributed by atoms with Gasteiger partial charge in [-0.1, -0.05) is 31.3 Å². The molecule has 0 aromatic carbocycles. The van der Waals surface area contributed by atoms with Crippen molar-refractivity contribution in [3.63, 3.8) is 0 Å². The van der Waals surface area contributed by atoms with Gasteiger partial charge < -0.3 is 15.2 Å². The molecule has 0 aromatic rings. The Morgan fingerprint density at radius 3 is 1.81 bits per heavy atom. The number of carboxylic acid groups (broad SMARTS) is 1. The molecule has 1 heterocycles. The van der Waals surface area contributed by atoms with Crippen LogP contribution in [0.1, 0.15) is 91.9 Å². The number of carbonyl (C=O) groups excluding carboxylic acids is 1. The molecule has 1 aliphatic heterocycles. The summed E-state index contributed by atoms with van der Waals surface area (Å²) >= 11 is 0. The molecule has 1 saturated heterocycles. The third-order valence-electron chi connectivity index (χ3n) is 4.47. The molecule has 0 bridgehead atoms. The van der Waals surface area contributed by atoms with Gasteiger partial charge in [0.05, 0.1) is 0 Å². The van der Waals surface area contributed by atoms with Crippen LogP contribution in [0, 0.1) is 10.5 Å². The van der Waals surface area contributed by atoms with Gasteiger partial charge in [-0.15, -0.1) is 0 Å². The molecule has 0 aromatic heterocycles. The molecule has 26 heavy (non-hydrogen) atoms. The highest BCUT2D eigenvalue weighted by molar-refractivity contribution is 5.69. The number of esters is 1. The molecule has 7 nitrogen and oxygen atoms in total. The van der Waals surface area contributed by atoms with E-state index in [1.54, 1.807) is 0 Å². The molecule has 0 amide bonds. The van der Waals surface area contributed by atoms with Crippen molar-refractivity contribution < 1.29 is 19.4 Å². The molecule has 0 aliphatic carbocycles. The highest BCUT2D eigenvalue weighted by atomic mass is 16.5. The van der Waals surface area contributed by atoms with Gasteiger partial charge in [-0.25, -0.2) is 0 Å². The summed E-state index contributed by atoms with van der Waals surface area (Å²) in [6, 6.07) is 0. The van der Waals surface area contributed by atoms with Gasteiger partial charge in [0.25, 0.3) is 0 Å². The van der Waals surface area contributed by atoms with Gasteiger partial charge in [-0.3, -0.25) is 9.59 Å². The number of nitrogens with one attached hydrogen (secondary N) is 2. The molecule has 7 heteroatoms. The van der Waals surface area contributed by atoms with E-state index in [2.05, 4.69) is 38.6 Å². The van der Waals surface area contributed by atoms with Crippen molar-refractivity contribution in [1.82, 2.24) is 5.32 Å². The Morgan fingerprint density at radius 2 is 1.35 bits per heavy atom. The van der Waals surface area contributed by atoms with Crippen molar-refractivity contribution in [2.75, 3.05) is 0 Å². The molecule has 1 aliphatic rings. The number of piperidine rings is 1. The number of aliphatic carboxylic acids is 1. The Labute approximate surface area is 157 Å². The maximum Gasteiger partial charge on any atom is 0.306 e. The first-order chi connectivity index (χ1) is 12.1. The summed E-state index contributed by atoms with van der Waals surface area (Å²) in [5.74, 6) is -0.804. The molecule has 0 spiro atoms. The summed E-state index contributed by atoms with van der Waals surface area (Å²) in [6.45, 7) is 8.61. The summed E-state index contributed by atoms with van der Waals surface area (Å²) < 4.78 is 5.69. The predicted molar refractivity (Wildman–Crippen MR) is 101 cm³/mol. The summed E-state index contributed by atoms with van der Waals surface area (Å²) in [7, 11) is 0. The summed E-state index contributed by atoms with van der Waals surface area (Å²) in [5, 5.41) is 12.2. The average Bonchev–Trinajstić information content (AvgIpc) is 2.48. The van der Waals surface area contributed by atoms with Crippen molar-refractivity contribution in [2.24, 2.45) is 0 Å². The van der Waals surface area contributed by atoms with Gasteiger partial charge in [-0.05, 0) is 40.5 Å². The third-order valence-corrected chi connectivity index (χ3v) is 4.47. The maximum atomic E-state index is 12.0. The van der Waals surface area contributed by atoms with Gasteiger partial charge in [0.15, 0.2) is 0 Å². The van der Waals surface area contributed by atoms with Crippen molar-refractivity contribution in [2.45, 2.75) is 109 Å². The molecule has 0 saturated carbocycles. The highest BCUT2D eigenvalue weighted by Crippen LogP contribution is 2.30. The van der Waals surface area contributed by atoms with E-state index in [0.29, 0.717) is 6.42 Å². The van der Waals surface area contributed by atoms with E-state index in [4.69, 9.17) is 14.8 Å². The zero-order valence-electron chi connectivity index (χ0n) is 16.7. The van der Waals surface area contributed by atoms with Crippen LogP contribution in [-0.4, -0.2) is 34.2 Å². The van der Waals surface area contributed by atoms with Crippen molar-refractivity contribution in [3.8, 4) is 0 Å². The number of nitroso groups, excluding NO2 is 1. The number of carbonyl (C=O) groups is 2. The number of hydrogen-bond acceptors (Lipinski definition) is 6. The van der Waals surface area contributed by atoms with Crippen LogP contribution in [0.15, 0.2) is 0 Å². The Hall–Kier alpha value is -1.50. The molecule has 152 valence electrons. The van der Waals surface area contributed by atoms with Crippen LogP contribution in [0.5, 0.6) is 0 Å². The minimum atomic E-state index is -0.720. The molecule has 0 atom stereocenters. The second-order valence-corrected chi connectivity index (χ2v) is 8.43. The van der Waals surface area contributed by atoms with Crippen LogP contribution >= 0.6 is 0 Å². The minimum absolute atomic E-state index is 0.000214. The second-order valence-electron chi connectivity index (χ2n) is 8.43. The number of rotatable bonds is 10. The van der Waals surface area contributed by atoms with Crippen LogP contribution in [0.4, 0.5) is 0 Å². The Bertz CT molecular complexity index is 422. The van der Waals surface area contributed by atoms with E-state index in [1.165, 1.54) is 0 Å². The largest absolute Gasteiger partial charge is 0.481 e. The lowest BCUT2D eigenvalue weighted by molar-refractivity contribution is -0.153. The summed E-state index contributed by atoms with van der Waals surface area (Å²) in [5.41, 5.74) is 4.48. The average molecular weight is 373 g/mol. The number of hydrogen-bond donors (Lipinski definition) is 3. The van der Waals surface area contributed by atoms with Crippen LogP contribution in [0.2, 0.25) is 0 Å². The molecule has 1 rings (SSSR count). The quantitative estimate of drug-likeness (QED) is 0.298. The second kappa shape index (κ2) is 12.0. The lowest BCUT2D eigenvalue weighted by Gasteiger charge is -2.45. The van der Waals surface area contributed by atoms with Crippen molar-refractivity contribution in [1.29, 1.82) is 5.59 Å². The van der Waals surface area contributed by atoms with Crippen LogP contribution in [0.25, 0.3) is 0 Å². The first-order valence-electron chi connectivity index (χ1n) is 9.51. The fourth-order valence-electron chi connectivity index (χ4n) is 3.81. The minimum Gasteiger partial charge on any atom is -0.481 e. The number of unbranched alkanes of at least 4 members (excludes halogenated alkanes) is 5. The standard InChI is InChI=1S/C19H35NO4.HNO/c1-18(2)13-15(14-19(3,4)20-18)24-17(23)12-10-8-6-5-7-9-11-16(21)22;1-2/h15,20H,5-14H2,1-4H3,(H,21,22);1H. The van der Waals surface area contributed by atoms with Crippen LogP contribution in [0.3, 0.4) is 0 Å². The van der Waals surface area contributed by atoms with Crippen LogP contribution < -0.4 is 5.32 Å². The predicted octanol–water partition coefficient (Wildman–Crippen LogP) is 4.38. The van der Waals surface area contributed by atoms with E-state index in [9.17, 15) is 9.59 Å². The van der Waals surface area contributed by atoms with Gasteiger partial charge in [0.2, 0.25) is 0 Å². The lowest BCUT2D eigenvalue weighted by atomic mass is 9.81. The van der Waals surface area contributed by atoms with E-state index < -0.39 is 5.97 Å². The zero-order chi connectivity index (χ0) is 20.2. The first-order valence-corrected chi connectivity index (χ1v) is 9.51. The Kier molecular flexibility index (Phi) is 11.3. The van der Waals surface area contributed by atoms with Gasteiger partial charge >= 0.3 is 11.9 Å². The monoisotopic (exact) mass is 372 g/mol. The van der Waals surface area contributed by atoms with E-state index in [0.717, 1.165) is 51.4 Å². The molecular formula is C19H36N2O5. The zero-order valence-corrected chi connectivity index (χ0v) is 16.7. The van der Waals surface area contributed by atoms with E-state index in [-0.39, 0.29) is 29.6 Å². The normalized spacial score (nSPS) is 18.5.